The number of urea groups is 1. The van der Waals surface area contributed by atoms with Crippen molar-refractivity contribution in [2.45, 2.75) is 6.61 Å². The highest BCUT2D eigenvalue weighted by Gasteiger charge is 2.36. The molecule has 5 rings (SSSR count). The first kappa shape index (κ1) is 24.0. The van der Waals surface area contributed by atoms with Crippen LogP contribution in [0, 0.1) is 0 Å². The SMILES string of the molecule is O=C1NC(=O)N(c2ccc(Br)cc2)C(=O)/C1=C/c1ccc(OCc2cccc3ccccc23)c(Br)c1. The Labute approximate surface area is 223 Å². The number of anilines is 1. The molecule has 0 saturated carbocycles. The fourth-order valence-corrected chi connectivity index (χ4v) is 4.72. The molecule has 0 spiro atoms. The van der Waals surface area contributed by atoms with E-state index in [9.17, 15) is 14.4 Å². The molecule has 4 aromatic carbocycles. The van der Waals surface area contributed by atoms with Crippen molar-refractivity contribution in [1.29, 1.82) is 0 Å². The van der Waals surface area contributed by atoms with Crippen LogP contribution in [0.5, 0.6) is 5.75 Å². The molecule has 1 aliphatic heterocycles. The number of carbonyl (C=O) groups excluding carboxylic acids is 3. The molecular formula is C28H18Br2N2O4. The minimum absolute atomic E-state index is 0.145. The van der Waals surface area contributed by atoms with Crippen molar-refractivity contribution in [1.82, 2.24) is 5.32 Å². The number of imide groups is 2. The van der Waals surface area contributed by atoms with Gasteiger partial charge in [0.2, 0.25) is 0 Å². The number of carbonyl (C=O) groups is 3. The lowest BCUT2D eigenvalue weighted by molar-refractivity contribution is -0.122. The molecule has 6 nitrogen and oxygen atoms in total. The Morgan fingerprint density at radius 2 is 1.61 bits per heavy atom. The van der Waals surface area contributed by atoms with Gasteiger partial charge in [-0.25, -0.2) is 9.69 Å². The number of barbiturate groups is 1. The van der Waals surface area contributed by atoms with E-state index in [0.29, 0.717) is 28.1 Å². The second-order valence-electron chi connectivity index (χ2n) is 8.05. The summed E-state index contributed by atoms with van der Waals surface area (Å²) in [6, 6.07) is 25.4. The van der Waals surface area contributed by atoms with E-state index in [1.165, 1.54) is 6.08 Å². The van der Waals surface area contributed by atoms with Gasteiger partial charge in [-0.3, -0.25) is 14.9 Å². The number of benzene rings is 4. The third-order valence-corrected chi connectivity index (χ3v) is 6.86. The van der Waals surface area contributed by atoms with Crippen LogP contribution < -0.4 is 15.0 Å². The topological polar surface area (TPSA) is 75.7 Å². The van der Waals surface area contributed by atoms with Crippen LogP contribution in [0.3, 0.4) is 0 Å². The summed E-state index contributed by atoms with van der Waals surface area (Å²) in [6.07, 6.45) is 1.45. The zero-order chi connectivity index (χ0) is 25.2. The third kappa shape index (κ3) is 4.82. The second kappa shape index (κ2) is 10.1. The summed E-state index contributed by atoms with van der Waals surface area (Å²) < 4.78 is 7.52. The minimum atomic E-state index is -0.789. The van der Waals surface area contributed by atoms with Crippen LogP contribution in [0.15, 0.2) is 99.4 Å². The molecule has 1 fully saturated rings. The maximum atomic E-state index is 13.1. The lowest BCUT2D eigenvalue weighted by Gasteiger charge is -2.26. The van der Waals surface area contributed by atoms with E-state index in [1.54, 1.807) is 42.5 Å². The van der Waals surface area contributed by atoms with Crippen LogP contribution in [0.4, 0.5) is 10.5 Å². The molecule has 4 aromatic rings. The zero-order valence-corrected chi connectivity index (χ0v) is 21.9. The van der Waals surface area contributed by atoms with E-state index in [0.717, 1.165) is 25.7 Å². The normalized spacial score (nSPS) is 14.9. The van der Waals surface area contributed by atoms with Gasteiger partial charge in [0.15, 0.2) is 0 Å². The number of ether oxygens (including phenoxy) is 1. The van der Waals surface area contributed by atoms with Crippen molar-refractivity contribution < 1.29 is 19.1 Å². The molecule has 0 radical (unpaired) electrons. The van der Waals surface area contributed by atoms with E-state index in [-0.39, 0.29) is 5.57 Å². The molecule has 0 bridgehead atoms. The first-order valence-electron chi connectivity index (χ1n) is 11.0. The Balaban J connectivity index is 1.37. The molecule has 1 heterocycles. The summed E-state index contributed by atoms with van der Waals surface area (Å²) in [7, 11) is 0. The van der Waals surface area contributed by atoms with Crippen LogP contribution in [0.2, 0.25) is 0 Å². The van der Waals surface area contributed by atoms with Gasteiger partial charge in [-0.05, 0) is 80.3 Å². The Kier molecular flexibility index (Phi) is 6.71. The van der Waals surface area contributed by atoms with Gasteiger partial charge in [0.1, 0.15) is 17.9 Å². The standard InChI is InChI=1S/C28H18Br2N2O4/c29-20-9-11-21(12-10-20)32-27(34)23(26(33)31-28(32)35)14-17-8-13-25(24(30)15-17)36-16-19-6-3-5-18-4-1-2-7-22(18)19/h1-15H,16H2,(H,31,33,35)/b23-14+. The monoisotopic (exact) mass is 604 g/mol. The molecule has 0 aliphatic carbocycles. The van der Waals surface area contributed by atoms with Gasteiger partial charge in [-0.15, -0.1) is 0 Å². The summed E-state index contributed by atoms with van der Waals surface area (Å²) >= 11 is 6.85. The molecule has 0 atom stereocenters. The second-order valence-corrected chi connectivity index (χ2v) is 9.82. The Hall–Kier alpha value is -3.75. The van der Waals surface area contributed by atoms with Gasteiger partial charge < -0.3 is 4.74 Å². The van der Waals surface area contributed by atoms with Gasteiger partial charge in [0.05, 0.1) is 10.2 Å². The highest BCUT2D eigenvalue weighted by atomic mass is 79.9. The van der Waals surface area contributed by atoms with Crippen molar-refractivity contribution >= 4 is 72.2 Å². The van der Waals surface area contributed by atoms with Crippen molar-refractivity contribution in [2.75, 3.05) is 4.90 Å². The van der Waals surface area contributed by atoms with Gasteiger partial charge in [-0.2, -0.15) is 0 Å². The molecule has 8 heteroatoms. The van der Waals surface area contributed by atoms with Gasteiger partial charge >= 0.3 is 6.03 Å². The molecule has 36 heavy (non-hydrogen) atoms. The highest BCUT2D eigenvalue weighted by Crippen LogP contribution is 2.30. The Morgan fingerprint density at radius 1 is 0.861 bits per heavy atom. The zero-order valence-electron chi connectivity index (χ0n) is 18.7. The molecule has 0 unspecified atom stereocenters. The lowest BCUT2D eigenvalue weighted by Crippen LogP contribution is -2.54. The van der Waals surface area contributed by atoms with Crippen molar-refractivity contribution in [3.05, 3.63) is 111 Å². The van der Waals surface area contributed by atoms with Crippen LogP contribution in [-0.4, -0.2) is 17.8 Å². The smallest absolute Gasteiger partial charge is 0.335 e. The van der Waals surface area contributed by atoms with E-state index in [1.807, 2.05) is 24.3 Å². The first-order valence-corrected chi connectivity index (χ1v) is 12.6. The van der Waals surface area contributed by atoms with Crippen LogP contribution in [0.25, 0.3) is 16.8 Å². The maximum Gasteiger partial charge on any atom is 0.335 e. The van der Waals surface area contributed by atoms with Crippen LogP contribution >= 0.6 is 31.9 Å². The van der Waals surface area contributed by atoms with Crippen LogP contribution in [-0.2, 0) is 16.2 Å². The molecule has 0 aromatic heterocycles. The van der Waals surface area contributed by atoms with E-state index >= 15 is 0 Å². The molecule has 1 N–H and O–H groups in total. The van der Waals surface area contributed by atoms with Gasteiger partial charge in [-0.1, -0.05) is 64.5 Å². The fourth-order valence-electron chi connectivity index (χ4n) is 3.95. The summed E-state index contributed by atoms with van der Waals surface area (Å²) in [6.45, 7) is 0.380. The largest absolute Gasteiger partial charge is 0.488 e. The average molecular weight is 606 g/mol. The highest BCUT2D eigenvalue weighted by molar-refractivity contribution is 9.10. The predicted octanol–water partition coefficient (Wildman–Crippen LogP) is 6.61. The summed E-state index contributed by atoms with van der Waals surface area (Å²) in [5.74, 6) is -0.819. The number of nitrogens with zero attached hydrogens (tertiary/aromatic N) is 1. The minimum Gasteiger partial charge on any atom is -0.488 e. The van der Waals surface area contributed by atoms with Crippen molar-refractivity contribution in [2.24, 2.45) is 0 Å². The number of hydrogen-bond acceptors (Lipinski definition) is 4. The lowest BCUT2D eigenvalue weighted by atomic mass is 10.1. The number of hydrogen-bond donors (Lipinski definition) is 1. The Morgan fingerprint density at radius 3 is 2.39 bits per heavy atom. The number of nitrogens with one attached hydrogen (secondary N) is 1. The maximum absolute atomic E-state index is 13.1. The van der Waals surface area contributed by atoms with E-state index in [2.05, 4.69) is 55.4 Å². The number of fused-ring (bicyclic) bond motifs is 1. The van der Waals surface area contributed by atoms with Crippen molar-refractivity contribution in [3.8, 4) is 5.75 Å². The summed E-state index contributed by atoms with van der Waals surface area (Å²) in [5, 5.41) is 4.51. The molecule has 178 valence electrons. The molecule has 1 aliphatic rings. The van der Waals surface area contributed by atoms with Crippen LogP contribution in [0.1, 0.15) is 11.1 Å². The van der Waals surface area contributed by atoms with Crippen molar-refractivity contribution in [3.63, 3.8) is 0 Å². The van der Waals surface area contributed by atoms with Gasteiger partial charge in [0, 0.05) is 4.47 Å². The predicted molar refractivity (Wildman–Crippen MR) is 146 cm³/mol. The quantitative estimate of drug-likeness (QED) is 0.205. The molecule has 4 amide bonds. The summed E-state index contributed by atoms with van der Waals surface area (Å²) in [4.78, 5) is 38.9. The average Bonchev–Trinajstić information content (AvgIpc) is 2.87. The first-order chi connectivity index (χ1) is 17.4. The Bertz CT molecular complexity index is 1540. The fraction of sp³-hybridized carbons (Fsp3) is 0.0357. The molecular weight excluding hydrogens is 588 g/mol. The number of rotatable bonds is 5. The van der Waals surface area contributed by atoms with E-state index < -0.39 is 17.8 Å². The molecule has 1 saturated heterocycles. The third-order valence-electron chi connectivity index (χ3n) is 5.72. The summed E-state index contributed by atoms with van der Waals surface area (Å²) in [5.41, 5.74) is 1.88. The number of amides is 4. The van der Waals surface area contributed by atoms with Gasteiger partial charge in [0.25, 0.3) is 11.8 Å². The van der Waals surface area contributed by atoms with E-state index in [4.69, 9.17) is 4.74 Å². The number of halogens is 2.